The molecule has 0 aliphatic carbocycles. The van der Waals surface area contributed by atoms with Gasteiger partial charge in [-0.15, -0.1) is 0 Å². The van der Waals surface area contributed by atoms with Gasteiger partial charge in [0, 0.05) is 29.1 Å². The van der Waals surface area contributed by atoms with Crippen molar-refractivity contribution in [3.63, 3.8) is 0 Å². The summed E-state index contributed by atoms with van der Waals surface area (Å²) in [5.41, 5.74) is 2.15. The number of rotatable bonds is 7. The van der Waals surface area contributed by atoms with E-state index in [-0.39, 0.29) is 24.5 Å². The second-order valence-corrected chi connectivity index (χ2v) is 5.80. The van der Waals surface area contributed by atoms with Crippen LogP contribution in [0.25, 0.3) is 0 Å². The van der Waals surface area contributed by atoms with Gasteiger partial charge in [0.05, 0.1) is 6.61 Å². The molecule has 126 valence electrons. The lowest BCUT2D eigenvalue weighted by Crippen LogP contribution is -2.13. The number of hydrogen-bond acceptors (Lipinski definition) is 3. The molecule has 0 aliphatic heterocycles. The van der Waals surface area contributed by atoms with Crippen LogP contribution < -0.4 is 10.1 Å². The average molecular weight is 346 g/mol. The first kappa shape index (κ1) is 18.0. The Morgan fingerprint density at radius 3 is 2.42 bits per heavy atom. The molecule has 1 N–H and O–H groups in total. The second kappa shape index (κ2) is 8.50. The molecule has 1 amide bonds. The van der Waals surface area contributed by atoms with Crippen molar-refractivity contribution in [1.29, 1.82) is 0 Å². The summed E-state index contributed by atoms with van der Waals surface area (Å²) in [5.74, 6) is 0.437. The van der Waals surface area contributed by atoms with Crippen molar-refractivity contribution in [2.75, 3.05) is 11.9 Å². The zero-order chi connectivity index (χ0) is 17.5. The van der Waals surface area contributed by atoms with Gasteiger partial charge in [-0.25, -0.2) is 0 Å². The molecular formula is C19H20ClNO3. The predicted molar refractivity (Wildman–Crippen MR) is 96.0 cm³/mol. The van der Waals surface area contributed by atoms with Gasteiger partial charge in [-0.3, -0.25) is 9.59 Å². The van der Waals surface area contributed by atoms with E-state index in [4.69, 9.17) is 16.3 Å². The van der Waals surface area contributed by atoms with Gasteiger partial charge >= 0.3 is 0 Å². The van der Waals surface area contributed by atoms with Crippen LogP contribution >= 0.6 is 11.6 Å². The molecule has 0 aliphatic rings. The fraction of sp³-hybridized carbons (Fsp3) is 0.263. The minimum absolute atomic E-state index is 0.0739. The standard InChI is InChI=1S/C19H20ClNO3/c1-3-24-16-8-5-14(6-9-16)18(22)10-11-19(23)21-15-7-4-13(2)17(20)12-15/h4-9,12H,3,10-11H2,1-2H3,(H,21,23). The lowest BCUT2D eigenvalue weighted by Gasteiger charge is -2.07. The molecule has 0 radical (unpaired) electrons. The summed E-state index contributed by atoms with van der Waals surface area (Å²) in [6.45, 7) is 4.37. The summed E-state index contributed by atoms with van der Waals surface area (Å²) in [5, 5.41) is 3.34. The van der Waals surface area contributed by atoms with E-state index in [1.165, 1.54) is 0 Å². The van der Waals surface area contributed by atoms with Crippen molar-refractivity contribution in [2.24, 2.45) is 0 Å². The van der Waals surface area contributed by atoms with Crippen LogP contribution in [0.15, 0.2) is 42.5 Å². The molecule has 2 aromatic rings. The van der Waals surface area contributed by atoms with Crippen LogP contribution in [0, 0.1) is 6.92 Å². The van der Waals surface area contributed by atoms with E-state index >= 15 is 0 Å². The Morgan fingerprint density at radius 2 is 1.79 bits per heavy atom. The van der Waals surface area contributed by atoms with Crippen molar-refractivity contribution in [2.45, 2.75) is 26.7 Å². The number of halogens is 1. The average Bonchev–Trinajstić information content (AvgIpc) is 2.57. The monoisotopic (exact) mass is 345 g/mol. The van der Waals surface area contributed by atoms with Gasteiger partial charge in [0.15, 0.2) is 5.78 Å². The maximum Gasteiger partial charge on any atom is 0.224 e. The van der Waals surface area contributed by atoms with E-state index in [0.717, 1.165) is 11.3 Å². The van der Waals surface area contributed by atoms with Crippen LogP contribution in [-0.2, 0) is 4.79 Å². The summed E-state index contributed by atoms with van der Waals surface area (Å²) in [7, 11) is 0. The third-order valence-electron chi connectivity index (χ3n) is 3.52. The van der Waals surface area contributed by atoms with Crippen LogP contribution in [0.2, 0.25) is 5.02 Å². The van der Waals surface area contributed by atoms with Gasteiger partial charge in [-0.1, -0.05) is 17.7 Å². The highest BCUT2D eigenvalue weighted by atomic mass is 35.5. The van der Waals surface area contributed by atoms with Gasteiger partial charge in [0.1, 0.15) is 5.75 Å². The van der Waals surface area contributed by atoms with Crippen molar-refractivity contribution < 1.29 is 14.3 Å². The van der Waals surface area contributed by atoms with E-state index in [0.29, 0.717) is 22.9 Å². The Morgan fingerprint density at radius 1 is 1.08 bits per heavy atom. The van der Waals surface area contributed by atoms with Gasteiger partial charge in [0.25, 0.3) is 0 Å². The molecule has 2 aromatic carbocycles. The first-order valence-electron chi connectivity index (χ1n) is 7.81. The lowest BCUT2D eigenvalue weighted by atomic mass is 10.1. The molecule has 0 saturated carbocycles. The number of ether oxygens (including phenoxy) is 1. The number of aryl methyl sites for hydroxylation is 1. The molecule has 0 atom stereocenters. The molecule has 2 rings (SSSR count). The Labute approximate surface area is 146 Å². The molecule has 0 saturated heterocycles. The van der Waals surface area contributed by atoms with Gasteiger partial charge in [-0.05, 0) is 55.8 Å². The summed E-state index contributed by atoms with van der Waals surface area (Å²) in [6, 6.07) is 12.3. The van der Waals surface area contributed by atoms with Crippen LogP contribution in [0.5, 0.6) is 5.75 Å². The molecule has 0 heterocycles. The molecule has 0 fully saturated rings. The van der Waals surface area contributed by atoms with E-state index in [9.17, 15) is 9.59 Å². The number of amides is 1. The Hall–Kier alpha value is -2.33. The molecule has 0 aromatic heterocycles. The zero-order valence-corrected chi connectivity index (χ0v) is 14.5. The third kappa shape index (κ3) is 5.10. The number of hydrogen-bond donors (Lipinski definition) is 1. The molecule has 24 heavy (non-hydrogen) atoms. The van der Waals surface area contributed by atoms with E-state index in [2.05, 4.69) is 5.32 Å². The topological polar surface area (TPSA) is 55.4 Å². The highest BCUT2D eigenvalue weighted by Gasteiger charge is 2.10. The summed E-state index contributed by atoms with van der Waals surface area (Å²) >= 11 is 6.02. The quantitative estimate of drug-likeness (QED) is 0.743. The molecule has 0 spiro atoms. The first-order valence-corrected chi connectivity index (χ1v) is 8.19. The number of Topliss-reactive ketones (excluding diaryl/α,β-unsaturated/α-hetero) is 1. The largest absolute Gasteiger partial charge is 0.494 e. The molecule has 5 heteroatoms. The molecule has 0 bridgehead atoms. The van der Waals surface area contributed by atoms with E-state index in [1.54, 1.807) is 36.4 Å². The Kier molecular flexibility index (Phi) is 6.38. The van der Waals surface area contributed by atoms with Crippen molar-refractivity contribution >= 4 is 29.0 Å². The van der Waals surface area contributed by atoms with Gasteiger partial charge in [0.2, 0.25) is 5.91 Å². The van der Waals surface area contributed by atoms with Crippen molar-refractivity contribution in [3.05, 3.63) is 58.6 Å². The summed E-state index contributed by atoms with van der Waals surface area (Å²) in [4.78, 5) is 24.1. The second-order valence-electron chi connectivity index (χ2n) is 5.39. The lowest BCUT2D eigenvalue weighted by molar-refractivity contribution is -0.116. The third-order valence-corrected chi connectivity index (χ3v) is 3.93. The summed E-state index contributed by atoms with van der Waals surface area (Å²) < 4.78 is 5.34. The minimum atomic E-state index is -0.214. The fourth-order valence-corrected chi connectivity index (χ4v) is 2.35. The van der Waals surface area contributed by atoms with Gasteiger partial charge in [-0.2, -0.15) is 0 Å². The zero-order valence-electron chi connectivity index (χ0n) is 13.8. The number of benzene rings is 2. The molecular weight excluding hydrogens is 326 g/mol. The predicted octanol–water partition coefficient (Wildman–Crippen LogP) is 4.65. The summed E-state index contributed by atoms with van der Waals surface area (Å²) in [6.07, 6.45) is 0.275. The Balaban J connectivity index is 1.86. The number of anilines is 1. The fourth-order valence-electron chi connectivity index (χ4n) is 2.17. The van der Waals surface area contributed by atoms with Crippen LogP contribution in [-0.4, -0.2) is 18.3 Å². The number of nitrogens with one attached hydrogen (secondary N) is 1. The number of carbonyl (C=O) groups is 2. The Bertz CT molecular complexity index is 726. The van der Waals surface area contributed by atoms with E-state index in [1.807, 2.05) is 19.9 Å². The van der Waals surface area contributed by atoms with Crippen LogP contribution in [0.3, 0.4) is 0 Å². The maximum atomic E-state index is 12.1. The smallest absolute Gasteiger partial charge is 0.224 e. The highest BCUT2D eigenvalue weighted by molar-refractivity contribution is 6.31. The van der Waals surface area contributed by atoms with Crippen molar-refractivity contribution in [1.82, 2.24) is 0 Å². The molecule has 0 unspecified atom stereocenters. The van der Waals surface area contributed by atoms with Crippen LogP contribution in [0.1, 0.15) is 35.7 Å². The van der Waals surface area contributed by atoms with E-state index < -0.39 is 0 Å². The SMILES string of the molecule is CCOc1ccc(C(=O)CCC(=O)Nc2ccc(C)c(Cl)c2)cc1. The van der Waals surface area contributed by atoms with Crippen molar-refractivity contribution in [3.8, 4) is 5.75 Å². The normalized spacial score (nSPS) is 10.3. The minimum Gasteiger partial charge on any atom is -0.494 e. The van der Waals surface area contributed by atoms with Crippen LogP contribution in [0.4, 0.5) is 5.69 Å². The maximum absolute atomic E-state index is 12.1. The number of carbonyl (C=O) groups excluding carboxylic acids is 2. The highest BCUT2D eigenvalue weighted by Crippen LogP contribution is 2.20. The molecule has 4 nitrogen and oxygen atoms in total. The number of ketones is 1. The van der Waals surface area contributed by atoms with Gasteiger partial charge < -0.3 is 10.1 Å². The first-order chi connectivity index (χ1) is 11.5.